The molecule has 2 unspecified atom stereocenters. The summed E-state index contributed by atoms with van der Waals surface area (Å²) in [5.74, 6) is 0.947. The van der Waals surface area contributed by atoms with Gasteiger partial charge in [0.05, 0.1) is 6.20 Å². The summed E-state index contributed by atoms with van der Waals surface area (Å²) in [5, 5.41) is 4.42. The first-order chi connectivity index (χ1) is 12.0. The Morgan fingerprint density at radius 2 is 1.96 bits per heavy atom. The Labute approximate surface area is 151 Å². The van der Waals surface area contributed by atoms with Gasteiger partial charge in [0.25, 0.3) is 10.0 Å². The van der Waals surface area contributed by atoms with E-state index in [0.717, 1.165) is 5.56 Å². The number of aromatic nitrogens is 2. The van der Waals surface area contributed by atoms with E-state index in [1.807, 2.05) is 37.3 Å². The van der Waals surface area contributed by atoms with Crippen LogP contribution in [-0.4, -0.2) is 50.8 Å². The zero-order valence-electron chi connectivity index (χ0n) is 14.2. The molecule has 1 saturated heterocycles. The Bertz CT molecular complexity index is 834. The van der Waals surface area contributed by atoms with Crippen molar-refractivity contribution in [1.82, 2.24) is 14.1 Å². The van der Waals surface area contributed by atoms with Gasteiger partial charge >= 0.3 is 0 Å². The molecule has 136 valence electrons. The third-order valence-corrected chi connectivity index (χ3v) is 7.86. The third kappa shape index (κ3) is 4.19. The fourth-order valence-corrected chi connectivity index (χ4v) is 6.14. The fraction of sp³-hybridized carbons (Fsp3) is 0.471. The van der Waals surface area contributed by atoms with E-state index in [2.05, 4.69) is 5.10 Å². The highest BCUT2D eigenvalue weighted by Gasteiger charge is 2.33. The second kappa shape index (κ2) is 7.80. The monoisotopic (exact) mass is 381 g/mol. The van der Waals surface area contributed by atoms with Crippen molar-refractivity contribution < 1.29 is 12.6 Å². The summed E-state index contributed by atoms with van der Waals surface area (Å²) < 4.78 is 41.1. The van der Waals surface area contributed by atoms with E-state index in [9.17, 15) is 12.6 Å². The Hall–Kier alpha value is -1.51. The number of nitrogens with zero attached hydrogens (tertiary/aromatic N) is 3. The number of hydrogen-bond acceptors (Lipinski definition) is 4. The van der Waals surface area contributed by atoms with Gasteiger partial charge < -0.3 is 0 Å². The van der Waals surface area contributed by atoms with Crippen molar-refractivity contribution in [3.63, 3.8) is 0 Å². The van der Waals surface area contributed by atoms with Gasteiger partial charge in [-0.3, -0.25) is 8.89 Å². The molecular weight excluding hydrogens is 358 g/mol. The van der Waals surface area contributed by atoms with Gasteiger partial charge in [0.1, 0.15) is 0 Å². The second-order valence-corrected chi connectivity index (χ2v) is 9.76. The van der Waals surface area contributed by atoms with Gasteiger partial charge in [-0.1, -0.05) is 30.3 Å². The lowest BCUT2D eigenvalue weighted by Gasteiger charge is -2.25. The summed E-state index contributed by atoms with van der Waals surface area (Å²) in [5.41, 5.74) is 1.14. The molecule has 0 amide bonds. The maximum atomic E-state index is 13.1. The molecule has 8 heteroatoms. The maximum absolute atomic E-state index is 13.1. The number of benzene rings is 1. The molecule has 0 N–H and O–H groups in total. The van der Waals surface area contributed by atoms with Crippen LogP contribution in [0.3, 0.4) is 0 Å². The molecule has 1 aliphatic heterocycles. The third-order valence-electron chi connectivity index (χ3n) is 4.50. The van der Waals surface area contributed by atoms with E-state index in [4.69, 9.17) is 0 Å². The Morgan fingerprint density at radius 1 is 1.20 bits per heavy atom. The molecule has 6 nitrogen and oxygen atoms in total. The quantitative estimate of drug-likeness (QED) is 0.790. The molecule has 0 radical (unpaired) electrons. The molecule has 0 saturated carbocycles. The molecule has 1 aliphatic rings. The van der Waals surface area contributed by atoms with Gasteiger partial charge in [-0.2, -0.15) is 9.40 Å². The van der Waals surface area contributed by atoms with Crippen LogP contribution in [0.5, 0.6) is 0 Å². The minimum atomic E-state index is -3.65. The summed E-state index contributed by atoms with van der Waals surface area (Å²) in [6.45, 7) is 2.67. The second-order valence-electron chi connectivity index (χ2n) is 6.23. The molecule has 1 fully saturated rings. The van der Waals surface area contributed by atoms with Crippen molar-refractivity contribution >= 4 is 20.8 Å². The zero-order valence-corrected chi connectivity index (χ0v) is 15.9. The molecule has 2 heterocycles. The molecule has 3 rings (SSSR count). The summed E-state index contributed by atoms with van der Waals surface area (Å²) >= 11 is 0. The van der Waals surface area contributed by atoms with Crippen molar-refractivity contribution in [2.24, 2.45) is 0 Å². The molecule has 2 atom stereocenters. The standard InChI is InChI=1S/C17H23N3O3S2/c1-15-9-13-24(21)14-12-20(15)25(22,23)17-7-10-18-19(17)11-8-16-5-3-2-4-6-16/h2-7,10,15H,8-9,11-14H2,1H3. The number of rotatable bonds is 5. The fourth-order valence-electron chi connectivity index (χ4n) is 3.02. The van der Waals surface area contributed by atoms with Crippen molar-refractivity contribution in [3.05, 3.63) is 48.2 Å². The number of aryl methyl sites for hydroxylation is 2. The highest BCUT2D eigenvalue weighted by Crippen LogP contribution is 2.22. The van der Waals surface area contributed by atoms with Gasteiger partial charge in [0.2, 0.25) is 0 Å². The SMILES string of the molecule is CC1CCS(=O)CCN1S(=O)(=O)c1ccnn1CCc1ccccc1. The topological polar surface area (TPSA) is 72.3 Å². The average Bonchev–Trinajstić information content (AvgIpc) is 3.01. The van der Waals surface area contributed by atoms with Crippen molar-refractivity contribution in [2.45, 2.75) is 37.4 Å². The smallest absolute Gasteiger partial charge is 0.260 e. The summed E-state index contributed by atoms with van der Waals surface area (Å²) in [6.07, 6.45) is 2.85. The molecule has 0 bridgehead atoms. The van der Waals surface area contributed by atoms with Crippen LogP contribution in [-0.2, 0) is 33.8 Å². The number of sulfonamides is 1. The van der Waals surface area contributed by atoms with E-state index in [1.165, 1.54) is 10.5 Å². The first-order valence-electron chi connectivity index (χ1n) is 8.41. The lowest BCUT2D eigenvalue weighted by Crippen LogP contribution is -2.40. The van der Waals surface area contributed by atoms with Crippen LogP contribution < -0.4 is 0 Å². The van der Waals surface area contributed by atoms with Crippen molar-refractivity contribution in [3.8, 4) is 0 Å². The normalized spacial score (nSPS) is 22.6. The van der Waals surface area contributed by atoms with Crippen molar-refractivity contribution in [2.75, 3.05) is 18.1 Å². The lowest BCUT2D eigenvalue weighted by atomic mass is 10.1. The maximum Gasteiger partial charge on any atom is 0.260 e. The van der Waals surface area contributed by atoms with E-state index in [1.54, 1.807) is 10.7 Å². The van der Waals surface area contributed by atoms with E-state index in [0.29, 0.717) is 37.4 Å². The summed E-state index contributed by atoms with van der Waals surface area (Å²) in [7, 11) is -4.59. The Kier molecular flexibility index (Phi) is 5.71. The molecule has 1 aromatic carbocycles. The first kappa shape index (κ1) is 18.3. The van der Waals surface area contributed by atoms with Gasteiger partial charge in [-0.15, -0.1) is 0 Å². The molecule has 1 aromatic heterocycles. The van der Waals surface area contributed by atoms with Gasteiger partial charge in [0.15, 0.2) is 5.03 Å². The summed E-state index contributed by atoms with van der Waals surface area (Å²) in [6, 6.07) is 11.3. The van der Waals surface area contributed by atoms with Crippen LogP contribution in [0.1, 0.15) is 18.9 Å². The molecule has 0 spiro atoms. The molecule has 0 aliphatic carbocycles. The van der Waals surface area contributed by atoms with Crippen LogP contribution in [0.4, 0.5) is 0 Å². The lowest BCUT2D eigenvalue weighted by molar-refractivity contribution is 0.346. The Balaban J connectivity index is 1.81. The predicted molar refractivity (Wildman–Crippen MR) is 98.2 cm³/mol. The number of hydrogen-bond donors (Lipinski definition) is 0. The van der Waals surface area contributed by atoms with Crippen LogP contribution in [0.2, 0.25) is 0 Å². The van der Waals surface area contributed by atoms with Crippen LogP contribution >= 0.6 is 0 Å². The highest BCUT2D eigenvalue weighted by atomic mass is 32.2. The van der Waals surface area contributed by atoms with Crippen molar-refractivity contribution in [1.29, 1.82) is 0 Å². The van der Waals surface area contributed by atoms with Crippen LogP contribution in [0, 0.1) is 0 Å². The van der Waals surface area contributed by atoms with E-state index in [-0.39, 0.29) is 11.1 Å². The van der Waals surface area contributed by atoms with E-state index >= 15 is 0 Å². The molecular formula is C17H23N3O3S2. The Morgan fingerprint density at radius 3 is 2.72 bits per heavy atom. The van der Waals surface area contributed by atoms with Crippen LogP contribution in [0.15, 0.2) is 47.6 Å². The average molecular weight is 382 g/mol. The predicted octanol–water partition coefficient (Wildman–Crippen LogP) is 1.66. The minimum Gasteiger partial charge on any atom is -0.260 e. The first-order valence-corrected chi connectivity index (χ1v) is 11.3. The molecule has 2 aromatic rings. The zero-order chi connectivity index (χ0) is 17.9. The highest BCUT2D eigenvalue weighted by molar-refractivity contribution is 7.89. The van der Waals surface area contributed by atoms with Crippen LogP contribution in [0.25, 0.3) is 0 Å². The van der Waals surface area contributed by atoms with Gasteiger partial charge in [0, 0.05) is 41.4 Å². The van der Waals surface area contributed by atoms with Gasteiger partial charge in [-0.05, 0) is 31.4 Å². The summed E-state index contributed by atoms with van der Waals surface area (Å²) in [4.78, 5) is 0. The van der Waals surface area contributed by atoms with E-state index < -0.39 is 20.8 Å². The minimum absolute atomic E-state index is 0.158. The molecule has 25 heavy (non-hydrogen) atoms. The largest absolute Gasteiger partial charge is 0.260 e. The van der Waals surface area contributed by atoms with Gasteiger partial charge in [-0.25, -0.2) is 8.42 Å².